The number of nitrogens with one attached hydrogen (secondary N) is 1. The standard InChI is InChI=1S/C21H15F3N4/c22-21(23,24)20-26-17-9-5-4-8-16(17)19(28-20)27-18(14-6-2-1-3-7-14)15-10-12-25-13-11-15/h1-13,18H,(H,26,27,28)/t18-/m0/s1. The fourth-order valence-corrected chi connectivity index (χ4v) is 3.01. The Morgan fingerprint density at radius 3 is 2.11 bits per heavy atom. The van der Waals surface area contributed by atoms with Gasteiger partial charge in [-0.05, 0) is 35.4 Å². The predicted octanol–water partition coefficient (Wildman–Crippen LogP) is 5.25. The third-order valence-corrected chi connectivity index (χ3v) is 4.31. The average molecular weight is 380 g/mol. The molecule has 7 heteroatoms. The number of hydrogen-bond acceptors (Lipinski definition) is 4. The van der Waals surface area contributed by atoms with Gasteiger partial charge in [0.2, 0.25) is 5.82 Å². The summed E-state index contributed by atoms with van der Waals surface area (Å²) in [4.78, 5) is 11.5. The first-order valence-corrected chi connectivity index (χ1v) is 8.58. The van der Waals surface area contributed by atoms with Gasteiger partial charge in [0, 0.05) is 17.8 Å². The number of alkyl halides is 3. The van der Waals surface area contributed by atoms with E-state index < -0.39 is 18.0 Å². The fraction of sp³-hybridized carbons (Fsp3) is 0.0952. The van der Waals surface area contributed by atoms with Gasteiger partial charge in [0.25, 0.3) is 0 Å². The summed E-state index contributed by atoms with van der Waals surface area (Å²) in [6.45, 7) is 0. The molecule has 2 aromatic carbocycles. The van der Waals surface area contributed by atoms with Crippen LogP contribution < -0.4 is 5.32 Å². The van der Waals surface area contributed by atoms with Crippen molar-refractivity contribution in [2.24, 2.45) is 0 Å². The van der Waals surface area contributed by atoms with Crippen LogP contribution in [0.25, 0.3) is 10.9 Å². The molecule has 2 aromatic heterocycles. The zero-order valence-electron chi connectivity index (χ0n) is 14.6. The predicted molar refractivity (Wildman–Crippen MR) is 101 cm³/mol. The van der Waals surface area contributed by atoms with E-state index in [9.17, 15) is 13.2 Å². The summed E-state index contributed by atoms with van der Waals surface area (Å²) in [6, 6.07) is 19.3. The van der Waals surface area contributed by atoms with Crippen molar-refractivity contribution in [3.63, 3.8) is 0 Å². The Morgan fingerprint density at radius 1 is 0.750 bits per heavy atom. The van der Waals surface area contributed by atoms with Crippen molar-refractivity contribution in [3.8, 4) is 0 Å². The number of halogens is 3. The number of nitrogens with zero attached hydrogens (tertiary/aromatic N) is 3. The van der Waals surface area contributed by atoms with Gasteiger partial charge in [0.1, 0.15) is 5.82 Å². The summed E-state index contributed by atoms with van der Waals surface area (Å²) < 4.78 is 40.0. The quantitative estimate of drug-likeness (QED) is 0.526. The molecule has 1 N–H and O–H groups in total. The van der Waals surface area contributed by atoms with Crippen LogP contribution in [0.1, 0.15) is 23.0 Å². The van der Waals surface area contributed by atoms with Crippen molar-refractivity contribution < 1.29 is 13.2 Å². The molecule has 4 nitrogen and oxygen atoms in total. The Morgan fingerprint density at radius 2 is 1.39 bits per heavy atom. The van der Waals surface area contributed by atoms with Gasteiger partial charge in [-0.15, -0.1) is 0 Å². The highest BCUT2D eigenvalue weighted by atomic mass is 19.4. The summed E-state index contributed by atoms with van der Waals surface area (Å²) in [5, 5.41) is 3.71. The highest BCUT2D eigenvalue weighted by Crippen LogP contribution is 2.33. The van der Waals surface area contributed by atoms with Crippen LogP contribution in [0, 0.1) is 0 Å². The maximum absolute atomic E-state index is 13.3. The Labute approximate surface area is 159 Å². The van der Waals surface area contributed by atoms with Crippen molar-refractivity contribution in [1.82, 2.24) is 15.0 Å². The normalized spacial score (nSPS) is 12.7. The molecule has 0 fully saturated rings. The number of rotatable bonds is 4. The lowest BCUT2D eigenvalue weighted by Gasteiger charge is -2.22. The molecule has 4 rings (SSSR count). The fourth-order valence-electron chi connectivity index (χ4n) is 3.01. The van der Waals surface area contributed by atoms with Gasteiger partial charge in [-0.2, -0.15) is 13.2 Å². The maximum Gasteiger partial charge on any atom is 0.451 e. The summed E-state index contributed by atoms with van der Waals surface area (Å²) in [7, 11) is 0. The van der Waals surface area contributed by atoms with E-state index in [4.69, 9.17) is 0 Å². The maximum atomic E-state index is 13.3. The molecule has 1 atom stereocenters. The monoisotopic (exact) mass is 380 g/mol. The molecule has 0 unspecified atom stereocenters. The number of anilines is 1. The molecule has 0 aliphatic rings. The van der Waals surface area contributed by atoms with Crippen LogP contribution in [0.2, 0.25) is 0 Å². The number of benzene rings is 2. The molecular weight excluding hydrogens is 365 g/mol. The third-order valence-electron chi connectivity index (χ3n) is 4.31. The molecule has 0 amide bonds. The second kappa shape index (κ2) is 7.26. The van der Waals surface area contributed by atoms with Crippen LogP contribution in [-0.4, -0.2) is 15.0 Å². The van der Waals surface area contributed by atoms with Gasteiger partial charge in [-0.3, -0.25) is 4.98 Å². The van der Waals surface area contributed by atoms with Gasteiger partial charge in [-0.1, -0.05) is 42.5 Å². The second-order valence-electron chi connectivity index (χ2n) is 6.18. The lowest BCUT2D eigenvalue weighted by Crippen LogP contribution is -2.17. The first-order valence-electron chi connectivity index (χ1n) is 8.58. The Kier molecular flexibility index (Phi) is 4.65. The molecule has 0 aliphatic carbocycles. The zero-order valence-corrected chi connectivity index (χ0v) is 14.6. The molecule has 0 spiro atoms. The van der Waals surface area contributed by atoms with Gasteiger partial charge in [-0.25, -0.2) is 9.97 Å². The van der Waals surface area contributed by atoms with E-state index in [1.165, 1.54) is 0 Å². The van der Waals surface area contributed by atoms with Crippen molar-refractivity contribution in [2.75, 3.05) is 5.32 Å². The molecule has 0 saturated heterocycles. The molecule has 0 aliphatic heterocycles. The molecule has 0 bridgehead atoms. The van der Waals surface area contributed by atoms with Crippen molar-refractivity contribution in [3.05, 3.63) is 96.1 Å². The lowest BCUT2D eigenvalue weighted by molar-refractivity contribution is -0.144. The summed E-state index contributed by atoms with van der Waals surface area (Å²) in [6.07, 6.45) is -1.35. The zero-order chi connectivity index (χ0) is 19.6. The van der Waals surface area contributed by atoms with E-state index in [1.807, 2.05) is 42.5 Å². The van der Waals surface area contributed by atoms with Gasteiger partial charge >= 0.3 is 6.18 Å². The molecule has 0 radical (unpaired) electrons. The number of para-hydroxylation sites is 1. The van der Waals surface area contributed by atoms with Gasteiger partial charge in [0.15, 0.2) is 0 Å². The summed E-state index contributed by atoms with van der Waals surface area (Å²) >= 11 is 0. The van der Waals surface area contributed by atoms with Gasteiger partial charge in [0.05, 0.1) is 11.6 Å². The van der Waals surface area contributed by atoms with Crippen LogP contribution in [0.15, 0.2) is 79.1 Å². The van der Waals surface area contributed by atoms with Crippen molar-refractivity contribution in [1.29, 1.82) is 0 Å². The minimum atomic E-state index is -4.64. The largest absolute Gasteiger partial charge is 0.451 e. The first-order chi connectivity index (χ1) is 13.5. The number of aromatic nitrogens is 3. The second-order valence-corrected chi connectivity index (χ2v) is 6.18. The Balaban J connectivity index is 1.86. The SMILES string of the molecule is FC(F)(F)c1nc(N[C@@H](c2ccccc2)c2ccncc2)c2ccccc2n1. The first kappa shape index (κ1) is 17.9. The van der Waals surface area contributed by atoms with E-state index in [2.05, 4.69) is 20.3 Å². The van der Waals surface area contributed by atoms with Crippen LogP contribution >= 0.6 is 0 Å². The van der Waals surface area contributed by atoms with E-state index >= 15 is 0 Å². The lowest BCUT2D eigenvalue weighted by atomic mass is 9.99. The Hall–Kier alpha value is -3.48. The third kappa shape index (κ3) is 3.64. The molecule has 140 valence electrons. The highest BCUT2D eigenvalue weighted by Gasteiger charge is 2.35. The topological polar surface area (TPSA) is 50.7 Å². The van der Waals surface area contributed by atoms with Crippen LogP contribution in [0.4, 0.5) is 19.0 Å². The average Bonchev–Trinajstić information content (AvgIpc) is 2.72. The number of pyridine rings is 1. The van der Waals surface area contributed by atoms with Crippen LogP contribution in [-0.2, 0) is 6.18 Å². The summed E-state index contributed by atoms with van der Waals surface area (Å²) in [5.41, 5.74) is 1.98. The highest BCUT2D eigenvalue weighted by molar-refractivity contribution is 5.89. The molecule has 0 saturated carbocycles. The minimum absolute atomic E-state index is 0.128. The van der Waals surface area contributed by atoms with Crippen molar-refractivity contribution >= 4 is 16.7 Å². The van der Waals surface area contributed by atoms with Gasteiger partial charge < -0.3 is 5.32 Å². The molecular formula is C21H15F3N4. The van der Waals surface area contributed by atoms with E-state index in [0.717, 1.165) is 11.1 Å². The van der Waals surface area contributed by atoms with Crippen LogP contribution in [0.3, 0.4) is 0 Å². The van der Waals surface area contributed by atoms with Crippen molar-refractivity contribution in [2.45, 2.75) is 12.2 Å². The smallest absolute Gasteiger partial charge is 0.359 e. The van der Waals surface area contributed by atoms with Crippen LogP contribution in [0.5, 0.6) is 0 Å². The number of fused-ring (bicyclic) bond motifs is 1. The van der Waals surface area contributed by atoms with E-state index in [0.29, 0.717) is 5.39 Å². The molecule has 4 aromatic rings. The minimum Gasteiger partial charge on any atom is -0.359 e. The molecule has 2 heterocycles. The van der Waals surface area contributed by atoms with E-state index in [-0.39, 0.29) is 11.3 Å². The number of hydrogen-bond donors (Lipinski definition) is 1. The molecule has 28 heavy (non-hydrogen) atoms. The van der Waals surface area contributed by atoms with E-state index in [1.54, 1.807) is 36.7 Å². The summed E-state index contributed by atoms with van der Waals surface area (Å²) in [5.74, 6) is -1.04. The Bertz CT molecular complexity index is 1040.